The highest BCUT2D eigenvalue weighted by molar-refractivity contribution is 7.98. The van der Waals surface area contributed by atoms with Gasteiger partial charge < -0.3 is 5.73 Å². The molecular formula is C14H13N3OS2. The van der Waals surface area contributed by atoms with Gasteiger partial charge in [-0.3, -0.25) is 9.20 Å². The molecule has 1 aromatic carbocycles. The first-order valence-corrected chi connectivity index (χ1v) is 7.95. The molecule has 0 fully saturated rings. The number of fused-ring (bicyclic) bond motifs is 1. The predicted octanol–water partition coefficient (Wildman–Crippen LogP) is 2.94. The molecule has 0 amide bonds. The normalized spacial score (nSPS) is 11.1. The molecule has 20 heavy (non-hydrogen) atoms. The summed E-state index contributed by atoms with van der Waals surface area (Å²) in [5.74, 6) is 0.661. The zero-order valence-corrected chi connectivity index (χ0v) is 12.5. The number of nitrogen functional groups attached to an aromatic ring is 1. The summed E-state index contributed by atoms with van der Waals surface area (Å²) in [6, 6.07) is 7.46. The summed E-state index contributed by atoms with van der Waals surface area (Å²) in [4.78, 5) is 18.2. The van der Waals surface area contributed by atoms with Crippen LogP contribution in [0.4, 0.5) is 5.69 Å². The first kappa shape index (κ1) is 13.2. The molecule has 0 aliphatic carbocycles. The maximum Gasteiger partial charge on any atom is 0.258 e. The van der Waals surface area contributed by atoms with Crippen molar-refractivity contribution in [3.63, 3.8) is 0 Å². The van der Waals surface area contributed by atoms with E-state index >= 15 is 0 Å². The monoisotopic (exact) mass is 303 g/mol. The van der Waals surface area contributed by atoms with Crippen molar-refractivity contribution in [2.45, 2.75) is 17.6 Å². The van der Waals surface area contributed by atoms with Crippen LogP contribution in [-0.4, -0.2) is 9.38 Å². The maximum absolute atomic E-state index is 11.9. The van der Waals surface area contributed by atoms with E-state index in [2.05, 4.69) is 4.98 Å². The molecule has 3 aromatic rings. The standard InChI is InChI=1S/C14H13N3OS2/c1-9-11(15)3-2-4-12(9)20-8-10-7-13(18)17-5-6-19-14(17)16-10/h2-7H,8,15H2,1H3. The van der Waals surface area contributed by atoms with E-state index in [9.17, 15) is 4.79 Å². The number of thiazole rings is 1. The van der Waals surface area contributed by atoms with Gasteiger partial charge in [0, 0.05) is 34.0 Å². The number of benzene rings is 1. The van der Waals surface area contributed by atoms with Crippen molar-refractivity contribution in [2.75, 3.05) is 5.73 Å². The lowest BCUT2D eigenvalue weighted by Gasteiger charge is -2.07. The minimum absolute atomic E-state index is 0.0313. The van der Waals surface area contributed by atoms with Gasteiger partial charge in [0.25, 0.3) is 5.56 Å². The zero-order valence-electron chi connectivity index (χ0n) is 10.9. The lowest BCUT2D eigenvalue weighted by atomic mass is 10.2. The summed E-state index contributed by atoms with van der Waals surface area (Å²) in [6.07, 6.45) is 1.74. The van der Waals surface area contributed by atoms with Gasteiger partial charge in [0.2, 0.25) is 0 Å². The summed E-state index contributed by atoms with van der Waals surface area (Å²) in [7, 11) is 0. The number of nitrogens with zero attached hydrogens (tertiary/aromatic N) is 2. The predicted molar refractivity (Wildman–Crippen MR) is 84.5 cm³/mol. The zero-order chi connectivity index (χ0) is 14.1. The van der Waals surface area contributed by atoms with Gasteiger partial charge in [-0.25, -0.2) is 4.98 Å². The third-order valence-electron chi connectivity index (χ3n) is 3.06. The molecule has 6 heteroatoms. The van der Waals surface area contributed by atoms with Crippen LogP contribution < -0.4 is 11.3 Å². The van der Waals surface area contributed by atoms with Gasteiger partial charge in [-0.15, -0.1) is 23.1 Å². The van der Waals surface area contributed by atoms with E-state index in [4.69, 9.17) is 5.73 Å². The molecule has 0 radical (unpaired) electrons. The Kier molecular flexibility index (Phi) is 3.50. The smallest absolute Gasteiger partial charge is 0.258 e. The van der Waals surface area contributed by atoms with Gasteiger partial charge in [-0.05, 0) is 24.6 Å². The summed E-state index contributed by atoms with van der Waals surface area (Å²) in [6.45, 7) is 2.00. The van der Waals surface area contributed by atoms with Crippen molar-refractivity contribution in [2.24, 2.45) is 0 Å². The second-order valence-electron chi connectivity index (χ2n) is 4.40. The van der Waals surface area contributed by atoms with E-state index in [1.807, 2.05) is 30.5 Å². The van der Waals surface area contributed by atoms with Crippen molar-refractivity contribution < 1.29 is 0 Å². The van der Waals surface area contributed by atoms with E-state index in [0.717, 1.165) is 26.8 Å². The molecular weight excluding hydrogens is 290 g/mol. The number of thioether (sulfide) groups is 1. The van der Waals surface area contributed by atoms with Gasteiger partial charge in [0.05, 0.1) is 5.69 Å². The second kappa shape index (κ2) is 5.30. The second-order valence-corrected chi connectivity index (χ2v) is 6.29. The molecule has 3 rings (SSSR count). The van der Waals surface area contributed by atoms with Crippen LogP contribution in [0.25, 0.3) is 4.96 Å². The fourth-order valence-corrected chi connectivity index (χ4v) is 3.60. The Labute approximate surface area is 124 Å². The van der Waals surface area contributed by atoms with Gasteiger partial charge >= 0.3 is 0 Å². The first-order chi connectivity index (χ1) is 9.65. The largest absolute Gasteiger partial charge is 0.398 e. The Bertz CT molecular complexity index is 823. The Morgan fingerprint density at radius 3 is 3.15 bits per heavy atom. The fourth-order valence-electron chi connectivity index (χ4n) is 1.90. The highest BCUT2D eigenvalue weighted by atomic mass is 32.2. The number of anilines is 1. The summed E-state index contributed by atoms with van der Waals surface area (Å²) in [5.41, 5.74) is 8.52. The average molecular weight is 303 g/mol. The van der Waals surface area contributed by atoms with Crippen LogP contribution in [-0.2, 0) is 5.75 Å². The van der Waals surface area contributed by atoms with Crippen LogP contribution in [0.5, 0.6) is 0 Å². The number of hydrogen-bond acceptors (Lipinski definition) is 5. The van der Waals surface area contributed by atoms with E-state index in [1.54, 1.807) is 28.4 Å². The molecule has 0 aliphatic heterocycles. The first-order valence-electron chi connectivity index (χ1n) is 6.09. The Balaban J connectivity index is 1.86. The molecule has 0 aliphatic rings. The third-order valence-corrected chi connectivity index (χ3v) is 5.01. The minimum atomic E-state index is -0.0313. The van der Waals surface area contributed by atoms with Crippen molar-refractivity contribution >= 4 is 33.7 Å². The van der Waals surface area contributed by atoms with Gasteiger partial charge in [0.15, 0.2) is 4.96 Å². The summed E-state index contributed by atoms with van der Waals surface area (Å²) < 4.78 is 1.56. The highest BCUT2D eigenvalue weighted by Crippen LogP contribution is 2.28. The number of aromatic nitrogens is 2. The molecule has 0 atom stereocenters. The van der Waals surface area contributed by atoms with Crippen molar-refractivity contribution in [1.29, 1.82) is 0 Å². The van der Waals surface area contributed by atoms with Crippen molar-refractivity contribution in [3.8, 4) is 0 Å². The van der Waals surface area contributed by atoms with Crippen LogP contribution in [0.15, 0.2) is 45.5 Å². The van der Waals surface area contributed by atoms with Gasteiger partial charge in [-0.1, -0.05) is 6.07 Å². The molecule has 0 unspecified atom stereocenters. The molecule has 0 bridgehead atoms. The quantitative estimate of drug-likeness (QED) is 0.597. The Hall–Kier alpha value is -1.79. The summed E-state index contributed by atoms with van der Waals surface area (Å²) in [5, 5.41) is 1.86. The van der Waals surface area contributed by atoms with Crippen molar-refractivity contribution in [1.82, 2.24) is 9.38 Å². The molecule has 0 saturated heterocycles. The maximum atomic E-state index is 11.9. The number of nitrogens with two attached hydrogens (primary N) is 1. The molecule has 2 heterocycles. The van der Waals surface area contributed by atoms with E-state index < -0.39 is 0 Å². The van der Waals surface area contributed by atoms with Crippen LogP contribution in [0.1, 0.15) is 11.3 Å². The van der Waals surface area contributed by atoms with E-state index in [0.29, 0.717) is 5.75 Å². The Morgan fingerprint density at radius 2 is 2.30 bits per heavy atom. The lowest BCUT2D eigenvalue weighted by molar-refractivity contribution is 1.04. The minimum Gasteiger partial charge on any atom is -0.398 e. The molecule has 4 nitrogen and oxygen atoms in total. The van der Waals surface area contributed by atoms with Crippen LogP contribution in [0, 0.1) is 6.92 Å². The van der Waals surface area contributed by atoms with Crippen LogP contribution in [0.2, 0.25) is 0 Å². The summed E-state index contributed by atoms with van der Waals surface area (Å²) >= 11 is 3.11. The average Bonchev–Trinajstić information content (AvgIpc) is 2.89. The molecule has 2 N–H and O–H groups in total. The molecule has 2 aromatic heterocycles. The van der Waals surface area contributed by atoms with Gasteiger partial charge in [0.1, 0.15) is 0 Å². The molecule has 0 saturated carbocycles. The molecule has 0 spiro atoms. The number of hydrogen-bond donors (Lipinski definition) is 1. The highest BCUT2D eigenvalue weighted by Gasteiger charge is 2.06. The van der Waals surface area contributed by atoms with Gasteiger partial charge in [-0.2, -0.15) is 0 Å². The number of rotatable bonds is 3. The van der Waals surface area contributed by atoms with E-state index in [1.165, 1.54) is 11.3 Å². The SMILES string of the molecule is Cc1c(N)cccc1SCc1cc(=O)n2ccsc2n1. The van der Waals surface area contributed by atoms with Crippen LogP contribution >= 0.6 is 23.1 Å². The van der Waals surface area contributed by atoms with Crippen LogP contribution in [0.3, 0.4) is 0 Å². The van der Waals surface area contributed by atoms with Crippen molar-refractivity contribution in [3.05, 3.63) is 57.5 Å². The Morgan fingerprint density at radius 1 is 1.45 bits per heavy atom. The van der Waals surface area contributed by atoms with E-state index in [-0.39, 0.29) is 5.56 Å². The fraction of sp³-hybridized carbons (Fsp3) is 0.143. The topological polar surface area (TPSA) is 60.4 Å². The molecule has 102 valence electrons. The third kappa shape index (κ3) is 2.44. The lowest BCUT2D eigenvalue weighted by Crippen LogP contribution is -2.12.